The quantitative estimate of drug-likeness (QED) is 0.838. The molecule has 1 aliphatic carbocycles. The first-order valence-electron chi connectivity index (χ1n) is 8.18. The summed E-state index contributed by atoms with van der Waals surface area (Å²) in [4.78, 5) is 21.6. The number of nitrogens with one attached hydrogen (secondary N) is 2. The lowest BCUT2D eigenvalue weighted by molar-refractivity contribution is -0.118. The molecule has 0 bridgehead atoms. The van der Waals surface area contributed by atoms with E-state index in [9.17, 15) is 4.79 Å². The Kier molecular flexibility index (Phi) is 3.37. The van der Waals surface area contributed by atoms with Crippen molar-refractivity contribution in [2.45, 2.75) is 32.7 Å². The average molecular weight is 320 g/mol. The van der Waals surface area contributed by atoms with E-state index in [1.54, 1.807) is 12.4 Å². The highest BCUT2D eigenvalue weighted by molar-refractivity contribution is 6.00. The van der Waals surface area contributed by atoms with Gasteiger partial charge in [-0.2, -0.15) is 0 Å². The van der Waals surface area contributed by atoms with Crippen molar-refractivity contribution in [2.24, 2.45) is 5.41 Å². The molecule has 0 fully saturated rings. The number of carbonyl (C=O) groups excluding carboxylic acids is 1. The summed E-state index contributed by atoms with van der Waals surface area (Å²) in [6.07, 6.45) is 6.69. The lowest BCUT2D eigenvalue weighted by Gasteiger charge is -2.34. The molecule has 2 N–H and O–H groups in total. The number of ketones is 1. The van der Waals surface area contributed by atoms with Crippen LogP contribution >= 0.6 is 0 Å². The Hall–Kier alpha value is -2.69. The second kappa shape index (κ2) is 5.44. The second-order valence-electron chi connectivity index (χ2n) is 7.22. The Morgan fingerprint density at radius 3 is 2.79 bits per heavy atom. The van der Waals surface area contributed by atoms with E-state index in [2.05, 4.69) is 34.4 Å². The van der Waals surface area contributed by atoms with Crippen LogP contribution in [0.15, 0.2) is 54.1 Å². The molecule has 0 radical (unpaired) electrons. The molecule has 3 heterocycles. The zero-order valence-electron chi connectivity index (χ0n) is 13.8. The van der Waals surface area contributed by atoms with Crippen molar-refractivity contribution in [1.29, 1.82) is 0 Å². The molecule has 0 saturated carbocycles. The molecule has 24 heavy (non-hydrogen) atoms. The first-order valence-corrected chi connectivity index (χ1v) is 8.18. The predicted octanol–water partition coefficient (Wildman–Crippen LogP) is 3.70. The normalized spacial score (nSPS) is 21.9. The van der Waals surface area contributed by atoms with Crippen LogP contribution in [0.25, 0.3) is 0 Å². The summed E-state index contributed by atoms with van der Waals surface area (Å²) in [5, 5.41) is 6.90. The van der Waals surface area contributed by atoms with Gasteiger partial charge in [-0.3, -0.25) is 9.78 Å². The van der Waals surface area contributed by atoms with Gasteiger partial charge in [0.1, 0.15) is 5.82 Å². The molecule has 5 heteroatoms. The minimum absolute atomic E-state index is 0.0465. The number of hydrogen-bond acceptors (Lipinski definition) is 5. The van der Waals surface area contributed by atoms with Crippen LogP contribution < -0.4 is 10.6 Å². The van der Waals surface area contributed by atoms with Crippen LogP contribution in [0.5, 0.6) is 0 Å². The fourth-order valence-electron chi connectivity index (χ4n) is 3.57. The third-order valence-electron chi connectivity index (χ3n) is 4.60. The van der Waals surface area contributed by atoms with E-state index in [1.165, 1.54) is 0 Å². The van der Waals surface area contributed by atoms with Gasteiger partial charge in [0.25, 0.3) is 0 Å². The SMILES string of the molecule is CC1(C)CC(=O)C2=C(C1)Nc1cccnc1N[C@@H]2c1cccnc1. The smallest absolute Gasteiger partial charge is 0.163 e. The fourth-order valence-corrected chi connectivity index (χ4v) is 3.57. The van der Waals surface area contributed by atoms with E-state index in [-0.39, 0.29) is 17.2 Å². The molecule has 0 spiro atoms. The Bertz CT molecular complexity index is 826. The average Bonchev–Trinajstić information content (AvgIpc) is 2.70. The number of pyridine rings is 2. The summed E-state index contributed by atoms with van der Waals surface area (Å²) in [5.41, 5.74) is 3.62. The van der Waals surface area contributed by atoms with E-state index in [4.69, 9.17) is 0 Å². The van der Waals surface area contributed by atoms with Crippen LogP contribution in [0.3, 0.4) is 0 Å². The van der Waals surface area contributed by atoms with Crippen molar-refractivity contribution in [3.63, 3.8) is 0 Å². The summed E-state index contributed by atoms with van der Waals surface area (Å²) < 4.78 is 0. The van der Waals surface area contributed by atoms with E-state index in [0.29, 0.717) is 6.42 Å². The van der Waals surface area contributed by atoms with Crippen molar-refractivity contribution in [2.75, 3.05) is 10.6 Å². The monoisotopic (exact) mass is 320 g/mol. The first-order chi connectivity index (χ1) is 11.5. The molecule has 0 aromatic carbocycles. The third kappa shape index (κ3) is 2.56. The minimum Gasteiger partial charge on any atom is -0.357 e. The van der Waals surface area contributed by atoms with Crippen LogP contribution in [-0.4, -0.2) is 15.8 Å². The van der Waals surface area contributed by atoms with Crippen LogP contribution in [0.1, 0.15) is 38.3 Å². The molecule has 2 aromatic heterocycles. The zero-order valence-corrected chi connectivity index (χ0v) is 13.8. The highest BCUT2D eigenvalue weighted by Crippen LogP contribution is 2.44. The summed E-state index contributed by atoms with van der Waals surface area (Å²) >= 11 is 0. The lowest BCUT2D eigenvalue weighted by Crippen LogP contribution is -2.31. The number of carbonyl (C=O) groups is 1. The highest BCUT2D eigenvalue weighted by Gasteiger charge is 2.38. The Morgan fingerprint density at radius 2 is 2.00 bits per heavy atom. The predicted molar refractivity (Wildman–Crippen MR) is 93.5 cm³/mol. The standard InChI is InChI=1S/C19H20N4O/c1-19(2)9-14-16(15(24)10-19)17(12-5-3-7-20-11-12)23-18-13(22-14)6-4-8-21-18/h3-8,11,17,22H,9-10H2,1-2H3,(H,21,23)/t17-/m1/s1. The molecule has 122 valence electrons. The first kappa shape index (κ1) is 14.9. The number of rotatable bonds is 1. The van der Waals surface area contributed by atoms with E-state index in [1.807, 2.05) is 30.5 Å². The van der Waals surface area contributed by atoms with Gasteiger partial charge in [-0.25, -0.2) is 4.98 Å². The van der Waals surface area contributed by atoms with Gasteiger partial charge in [0.15, 0.2) is 5.78 Å². The van der Waals surface area contributed by atoms with Crippen molar-refractivity contribution >= 4 is 17.3 Å². The molecule has 2 aromatic rings. The number of fused-ring (bicyclic) bond motifs is 1. The molecule has 1 atom stereocenters. The van der Waals surface area contributed by atoms with Gasteiger partial charge in [0, 0.05) is 36.3 Å². The Morgan fingerprint density at radius 1 is 1.17 bits per heavy atom. The Balaban J connectivity index is 1.89. The molecule has 2 aliphatic rings. The number of Topliss-reactive ketones (excluding diaryl/α,β-unsaturated/α-hetero) is 1. The molecule has 0 unspecified atom stereocenters. The maximum atomic E-state index is 13.0. The van der Waals surface area contributed by atoms with Crippen molar-refractivity contribution in [3.8, 4) is 0 Å². The minimum atomic E-state index is -0.235. The zero-order chi connectivity index (χ0) is 16.7. The van der Waals surface area contributed by atoms with Gasteiger partial charge in [-0.15, -0.1) is 0 Å². The molecular formula is C19H20N4O. The summed E-state index contributed by atoms with van der Waals surface area (Å²) in [6, 6.07) is 7.54. The number of anilines is 2. The molecule has 0 amide bonds. The van der Waals surface area contributed by atoms with Gasteiger partial charge >= 0.3 is 0 Å². The molecule has 1 aliphatic heterocycles. The topological polar surface area (TPSA) is 66.9 Å². The summed E-state index contributed by atoms with van der Waals surface area (Å²) in [6.45, 7) is 4.27. The number of hydrogen-bond donors (Lipinski definition) is 2. The van der Waals surface area contributed by atoms with Crippen molar-refractivity contribution < 1.29 is 4.79 Å². The maximum absolute atomic E-state index is 13.0. The summed E-state index contributed by atoms with van der Waals surface area (Å²) in [5.74, 6) is 0.939. The molecule has 0 saturated heterocycles. The van der Waals surface area contributed by atoms with Gasteiger partial charge in [-0.05, 0) is 35.6 Å². The number of aromatic nitrogens is 2. The van der Waals surface area contributed by atoms with Crippen LogP contribution in [0.2, 0.25) is 0 Å². The Labute approximate surface area is 141 Å². The molecule has 4 rings (SSSR count). The van der Waals surface area contributed by atoms with E-state index < -0.39 is 0 Å². The van der Waals surface area contributed by atoms with Crippen LogP contribution in [0.4, 0.5) is 11.5 Å². The largest absolute Gasteiger partial charge is 0.357 e. The fraction of sp³-hybridized carbons (Fsp3) is 0.316. The van der Waals surface area contributed by atoms with Crippen molar-refractivity contribution in [1.82, 2.24) is 9.97 Å². The van der Waals surface area contributed by atoms with Gasteiger partial charge in [0.05, 0.1) is 11.7 Å². The molecule has 5 nitrogen and oxygen atoms in total. The number of allylic oxidation sites excluding steroid dienone is 1. The maximum Gasteiger partial charge on any atom is 0.163 e. The third-order valence-corrected chi connectivity index (χ3v) is 4.60. The molecular weight excluding hydrogens is 300 g/mol. The van der Waals surface area contributed by atoms with Gasteiger partial charge in [-0.1, -0.05) is 19.9 Å². The summed E-state index contributed by atoms with van der Waals surface area (Å²) in [7, 11) is 0. The lowest BCUT2D eigenvalue weighted by atomic mass is 9.73. The van der Waals surface area contributed by atoms with Gasteiger partial charge in [0.2, 0.25) is 0 Å². The highest BCUT2D eigenvalue weighted by atomic mass is 16.1. The van der Waals surface area contributed by atoms with Gasteiger partial charge < -0.3 is 10.6 Å². The van der Waals surface area contributed by atoms with E-state index in [0.717, 1.165) is 34.8 Å². The van der Waals surface area contributed by atoms with Crippen LogP contribution in [0, 0.1) is 5.41 Å². The number of nitrogens with zero attached hydrogens (tertiary/aromatic N) is 2. The van der Waals surface area contributed by atoms with Crippen LogP contribution in [-0.2, 0) is 4.79 Å². The second-order valence-corrected chi connectivity index (χ2v) is 7.22. The van der Waals surface area contributed by atoms with E-state index >= 15 is 0 Å². The van der Waals surface area contributed by atoms with Crippen molar-refractivity contribution in [3.05, 3.63) is 59.7 Å².